The minimum Gasteiger partial charge on any atom is -0.319 e. The third-order valence-electron chi connectivity index (χ3n) is 3.96. The first-order chi connectivity index (χ1) is 11.3. The quantitative estimate of drug-likeness (QED) is 0.559. The fourth-order valence-electron chi connectivity index (χ4n) is 2.81. The van der Waals surface area contributed by atoms with Crippen LogP contribution < -0.4 is 0 Å². The molecule has 0 spiro atoms. The van der Waals surface area contributed by atoms with Gasteiger partial charge in [-0.3, -0.25) is 0 Å². The van der Waals surface area contributed by atoms with Gasteiger partial charge in [-0.25, -0.2) is 4.98 Å². The van der Waals surface area contributed by atoms with E-state index >= 15 is 0 Å². The van der Waals surface area contributed by atoms with Crippen LogP contribution in [0.25, 0.3) is 21.8 Å². The van der Waals surface area contributed by atoms with Crippen molar-refractivity contribution in [2.24, 2.45) is 0 Å². The minimum absolute atomic E-state index is 0.875. The Morgan fingerprint density at radius 2 is 1.70 bits per heavy atom. The van der Waals surface area contributed by atoms with Crippen LogP contribution >= 0.6 is 11.8 Å². The molecule has 0 aliphatic heterocycles. The third kappa shape index (κ3) is 2.37. The molecule has 0 amide bonds. The Morgan fingerprint density at radius 1 is 0.957 bits per heavy atom. The van der Waals surface area contributed by atoms with Gasteiger partial charge < -0.3 is 4.57 Å². The molecule has 0 aliphatic rings. The van der Waals surface area contributed by atoms with E-state index in [2.05, 4.69) is 39.9 Å². The maximum atomic E-state index is 4.77. The molecule has 0 aliphatic carbocycles. The number of rotatable bonds is 3. The van der Waals surface area contributed by atoms with Gasteiger partial charge in [-0.1, -0.05) is 36.4 Å². The average Bonchev–Trinajstić information content (AvgIpc) is 2.94. The summed E-state index contributed by atoms with van der Waals surface area (Å²) >= 11 is 1.58. The van der Waals surface area contributed by atoms with Gasteiger partial charge in [0.2, 0.25) is 0 Å². The van der Waals surface area contributed by atoms with Gasteiger partial charge in [0, 0.05) is 17.3 Å². The number of nitrogens with zero attached hydrogens (tertiary/aromatic N) is 4. The normalized spacial score (nSPS) is 11.4. The van der Waals surface area contributed by atoms with E-state index in [9.17, 15) is 0 Å². The highest BCUT2D eigenvalue weighted by atomic mass is 32.2. The van der Waals surface area contributed by atoms with Crippen molar-refractivity contribution in [1.82, 2.24) is 19.7 Å². The molecule has 0 saturated carbocycles. The maximum absolute atomic E-state index is 4.77. The number of hydrogen-bond acceptors (Lipinski definition) is 4. The Kier molecular flexibility index (Phi) is 3.50. The van der Waals surface area contributed by atoms with E-state index in [1.165, 1.54) is 0 Å². The fourth-order valence-corrected chi connectivity index (χ4v) is 3.84. The number of fused-ring (bicyclic) bond motifs is 2. The van der Waals surface area contributed by atoms with Crippen LogP contribution in [0.4, 0.5) is 0 Å². The zero-order valence-electron chi connectivity index (χ0n) is 13.0. The second-order valence-corrected chi connectivity index (χ2v) is 6.32. The van der Waals surface area contributed by atoms with E-state index in [-0.39, 0.29) is 0 Å². The van der Waals surface area contributed by atoms with E-state index in [0.29, 0.717) is 0 Å². The predicted molar refractivity (Wildman–Crippen MR) is 93.8 cm³/mol. The predicted octanol–water partition coefficient (Wildman–Crippen LogP) is 4.46. The van der Waals surface area contributed by atoms with Crippen LogP contribution in [0.3, 0.4) is 0 Å². The van der Waals surface area contributed by atoms with Crippen molar-refractivity contribution in [3.63, 3.8) is 0 Å². The van der Waals surface area contributed by atoms with Crippen molar-refractivity contribution in [3.05, 3.63) is 54.2 Å². The topological polar surface area (TPSA) is 43.6 Å². The van der Waals surface area contributed by atoms with Crippen molar-refractivity contribution in [2.75, 3.05) is 0 Å². The molecule has 0 unspecified atom stereocenters. The van der Waals surface area contributed by atoms with Gasteiger partial charge in [-0.2, -0.15) is 5.10 Å². The lowest BCUT2D eigenvalue weighted by Crippen LogP contribution is -1.98. The summed E-state index contributed by atoms with van der Waals surface area (Å²) in [6.07, 6.45) is 0. The molecule has 0 radical (unpaired) electrons. The third-order valence-corrected chi connectivity index (χ3v) is 4.95. The largest absolute Gasteiger partial charge is 0.319 e. The Labute approximate surface area is 138 Å². The van der Waals surface area contributed by atoms with Gasteiger partial charge in [0.1, 0.15) is 5.03 Å². The van der Waals surface area contributed by atoms with Gasteiger partial charge in [-0.05, 0) is 37.7 Å². The number of hydrogen-bond donors (Lipinski definition) is 0. The molecule has 0 saturated heterocycles. The highest BCUT2D eigenvalue weighted by Crippen LogP contribution is 2.33. The van der Waals surface area contributed by atoms with Crippen LogP contribution in [0, 0.1) is 6.92 Å². The van der Waals surface area contributed by atoms with Gasteiger partial charge >= 0.3 is 0 Å². The number of aryl methyl sites for hydroxylation is 2. The summed E-state index contributed by atoms with van der Waals surface area (Å²) in [6, 6.07) is 16.5. The highest BCUT2D eigenvalue weighted by molar-refractivity contribution is 7.99. The lowest BCUT2D eigenvalue weighted by atomic mass is 10.1. The second-order valence-electron chi connectivity index (χ2n) is 5.37. The summed E-state index contributed by atoms with van der Waals surface area (Å²) < 4.78 is 2.22. The molecule has 0 fully saturated rings. The molecule has 4 rings (SSSR count). The molecular formula is C18H16N4S. The zero-order valence-corrected chi connectivity index (χ0v) is 13.8. The number of imidazole rings is 1. The molecule has 2 aromatic heterocycles. The van der Waals surface area contributed by atoms with Crippen molar-refractivity contribution in [2.45, 2.75) is 30.6 Å². The van der Waals surface area contributed by atoms with E-state index < -0.39 is 0 Å². The maximum Gasteiger partial charge on any atom is 0.175 e. The van der Waals surface area contributed by atoms with Crippen LogP contribution in [0.15, 0.2) is 58.7 Å². The van der Waals surface area contributed by atoms with Gasteiger partial charge in [0.15, 0.2) is 5.16 Å². The SMILES string of the molecule is CCn1c(Sc2nnc(C)c3ccccc23)nc2ccccc21. The molecule has 5 heteroatoms. The number of para-hydroxylation sites is 2. The van der Waals surface area contributed by atoms with Crippen molar-refractivity contribution in [1.29, 1.82) is 0 Å². The Bertz CT molecular complexity index is 1010. The van der Waals surface area contributed by atoms with E-state index in [1.807, 2.05) is 37.3 Å². The van der Waals surface area contributed by atoms with Crippen LogP contribution in [0.2, 0.25) is 0 Å². The first-order valence-electron chi connectivity index (χ1n) is 7.63. The van der Waals surface area contributed by atoms with E-state index in [4.69, 9.17) is 4.98 Å². The second kappa shape index (κ2) is 5.66. The van der Waals surface area contributed by atoms with Crippen molar-refractivity contribution < 1.29 is 0 Å². The summed E-state index contributed by atoms with van der Waals surface area (Å²) in [6.45, 7) is 5.00. The molecule has 0 atom stereocenters. The summed E-state index contributed by atoms with van der Waals surface area (Å²) in [5, 5.41) is 12.8. The molecule has 4 aromatic rings. The Hall–Kier alpha value is -2.40. The lowest BCUT2D eigenvalue weighted by molar-refractivity contribution is 0.701. The Balaban J connectivity index is 1.87. The van der Waals surface area contributed by atoms with Crippen molar-refractivity contribution >= 4 is 33.6 Å². The van der Waals surface area contributed by atoms with Gasteiger partial charge in [-0.15, -0.1) is 5.10 Å². The fraction of sp³-hybridized carbons (Fsp3) is 0.167. The molecule has 2 aromatic carbocycles. The number of aromatic nitrogens is 4. The summed E-state index contributed by atoms with van der Waals surface area (Å²) in [5.74, 6) is 0. The van der Waals surface area contributed by atoms with E-state index in [1.54, 1.807) is 11.8 Å². The van der Waals surface area contributed by atoms with Gasteiger partial charge in [0.05, 0.1) is 16.7 Å². The molecule has 114 valence electrons. The van der Waals surface area contributed by atoms with Crippen LogP contribution in [0.5, 0.6) is 0 Å². The number of benzene rings is 2. The van der Waals surface area contributed by atoms with Gasteiger partial charge in [0.25, 0.3) is 0 Å². The van der Waals surface area contributed by atoms with Crippen LogP contribution in [-0.2, 0) is 6.54 Å². The molecule has 23 heavy (non-hydrogen) atoms. The molecule has 2 heterocycles. The van der Waals surface area contributed by atoms with Crippen LogP contribution in [0.1, 0.15) is 12.6 Å². The highest BCUT2D eigenvalue weighted by Gasteiger charge is 2.14. The Morgan fingerprint density at radius 3 is 2.52 bits per heavy atom. The minimum atomic E-state index is 0.875. The first-order valence-corrected chi connectivity index (χ1v) is 8.44. The monoisotopic (exact) mass is 320 g/mol. The zero-order chi connectivity index (χ0) is 15.8. The summed E-state index contributed by atoms with van der Waals surface area (Å²) in [5.41, 5.74) is 3.12. The molecular weight excluding hydrogens is 304 g/mol. The summed E-state index contributed by atoms with van der Waals surface area (Å²) in [4.78, 5) is 4.77. The van der Waals surface area contributed by atoms with E-state index in [0.717, 1.165) is 44.2 Å². The van der Waals surface area contributed by atoms with Crippen LogP contribution in [-0.4, -0.2) is 19.7 Å². The first kappa shape index (κ1) is 14.2. The van der Waals surface area contributed by atoms with Crippen molar-refractivity contribution in [3.8, 4) is 0 Å². The molecule has 0 N–H and O–H groups in total. The summed E-state index contributed by atoms with van der Waals surface area (Å²) in [7, 11) is 0. The average molecular weight is 320 g/mol. The smallest absolute Gasteiger partial charge is 0.175 e. The lowest BCUT2D eigenvalue weighted by Gasteiger charge is -2.08. The molecule has 4 nitrogen and oxygen atoms in total. The standard InChI is InChI=1S/C18H16N4S/c1-3-22-16-11-7-6-10-15(16)19-18(22)23-17-14-9-5-4-8-13(14)12(2)20-21-17/h4-11H,3H2,1-2H3. The molecule has 0 bridgehead atoms.